The maximum atomic E-state index is 4.05. The maximum absolute atomic E-state index is 4.05. The fraction of sp³-hybridized carbons (Fsp3) is 0.143. The topological polar surface area (TPSA) is 56.5 Å². The third-order valence-corrected chi connectivity index (χ3v) is 1.52. The molecule has 0 aromatic carbocycles. The van der Waals surface area contributed by atoms with Crippen molar-refractivity contribution in [2.24, 2.45) is 7.05 Å². The highest BCUT2D eigenvalue weighted by atomic mass is 15.3. The van der Waals surface area contributed by atoms with Crippen LogP contribution in [0.25, 0.3) is 11.5 Å². The molecule has 0 fully saturated rings. The van der Waals surface area contributed by atoms with Crippen molar-refractivity contribution < 1.29 is 0 Å². The van der Waals surface area contributed by atoms with Crippen LogP contribution in [-0.4, -0.2) is 24.7 Å². The highest BCUT2D eigenvalue weighted by Crippen LogP contribution is 2.09. The Morgan fingerprint density at radius 3 is 2.75 bits per heavy atom. The van der Waals surface area contributed by atoms with Crippen molar-refractivity contribution in [1.29, 1.82) is 0 Å². The Kier molecular flexibility index (Phi) is 1.55. The van der Waals surface area contributed by atoms with E-state index in [4.69, 9.17) is 0 Å². The molecule has 0 bridgehead atoms. The molecule has 5 heteroatoms. The molecule has 0 saturated heterocycles. The Morgan fingerprint density at radius 2 is 2.17 bits per heavy atom. The molecule has 0 radical (unpaired) electrons. The van der Waals surface area contributed by atoms with Crippen molar-refractivity contribution >= 4 is 0 Å². The predicted octanol–water partition coefficient (Wildman–Crippen LogP) is 0.272. The van der Waals surface area contributed by atoms with Gasteiger partial charge in [-0.1, -0.05) is 0 Å². The lowest BCUT2D eigenvalue weighted by Gasteiger charge is -1.96. The zero-order chi connectivity index (χ0) is 8.39. The second-order valence-electron chi connectivity index (χ2n) is 2.30. The normalized spacial score (nSPS) is 10.1. The Balaban J connectivity index is 2.51. The minimum atomic E-state index is 0.748. The molecule has 0 spiro atoms. The fourth-order valence-corrected chi connectivity index (χ4v) is 0.951. The van der Waals surface area contributed by atoms with Crippen LogP contribution in [0.15, 0.2) is 24.9 Å². The van der Waals surface area contributed by atoms with Gasteiger partial charge in [0, 0.05) is 13.2 Å². The summed E-state index contributed by atoms with van der Waals surface area (Å²) in [4.78, 5) is 11.9. The van der Waals surface area contributed by atoms with Gasteiger partial charge in [0.05, 0.1) is 0 Å². The lowest BCUT2D eigenvalue weighted by molar-refractivity contribution is 0.771. The van der Waals surface area contributed by atoms with Crippen molar-refractivity contribution in [2.75, 3.05) is 0 Å². The van der Waals surface area contributed by atoms with Gasteiger partial charge < -0.3 is 0 Å². The molecule has 0 amide bonds. The van der Waals surface area contributed by atoms with Gasteiger partial charge in [0.2, 0.25) is 0 Å². The van der Waals surface area contributed by atoms with Gasteiger partial charge in [-0.25, -0.2) is 19.6 Å². The molecule has 0 N–H and O–H groups in total. The Bertz CT molecular complexity index is 366. The van der Waals surface area contributed by atoms with Crippen molar-refractivity contribution in [3.8, 4) is 11.5 Å². The van der Waals surface area contributed by atoms with E-state index in [0.717, 1.165) is 11.5 Å². The van der Waals surface area contributed by atoms with Crippen LogP contribution >= 0.6 is 0 Å². The van der Waals surface area contributed by atoms with Crippen molar-refractivity contribution in [1.82, 2.24) is 24.7 Å². The summed E-state index contributed by atoms with van der Waals surface area (Å²) >= 11 is 0. The summed E-state index contributed by atoms with van der Waals surface area (Å²) in [6.45, 7) is 0. The van der Waals surface area contributed by atoms with Crippen LogP contribution in [0, 0.1) is 0 Å². The quantitative estimate of drug-likeness (QED) is 0.602. The first kappa shape index (κ1) is 6.90. The van der Waals surface area contributed by atoms with Crippen LogP contribution in [0.1, 0.15) is 0 Å². The second kappa shape index (κ2) is 2.69. The van der Waals surface area contributed by atoms with E-state index in [-0.39, 0.29) is 0 Å². The van der Waals surface area contributed by atoms with Gasteiger partial charge in [-0.15, -0.1) is 0 Å². The Morgan fingerprint density at radius 1 is 1.25 bits per heavy atom. The van der Waals surface area contributed by atoms with E-state index in [1.54, 1.807) is 16.9 Å². The van der Waals surface area contributed by atoms with Gasteiger partial charge in [-0.3, -0.25) is 0 Å². The molecule has 12 heavy (non-hydrogen) atoms. The van der Waals surface area contributed by atoms with Crippen molar-refractivity contribution in [3.05, 3.63) is 24.9 Å². The first-order chi connectivity index (χ1) is 5.88. The zero-order valence-electron chi connectivity index (χ0n) is 6.55. The fourth-order valence-electron chi connectivity index (χ4n) is 0.951. The summed E-state index contributed by atoms with van der Waals surface area (Å²) in [5, 5.41) is 3.94. The van der Waals surface area contributed by atoms with Gasteiger partial charge in [-0.05, 0) is 6.07 Å². The number of hydrogen-bond acceptors (Lipinski definition) is 4. The summed E-state index contributed by atoms with van der Waals surface area (Å²) in [6, 6.07) is 1.80. The molecule has 60 valence electrons. The van der Waals surface area contributed by atoms with Gasteiger partial charge in [0.15, 0.2) is 5.82 Å². The maximum Gasteiger partial charge on any atom is 0.176 e. The smallest absolute Gasteiger partial charge is 0.176 e. The third kappa shape index (κ3) is 1.05. The zero-order valence-corrected chi connectivity index (χ0v) is 6.55. The summed E-state index contributed by atoms with van der Waals surface area (Å²) in [6.07, 6.45) is 4.67. The molecule has 2 heterocycles. The average molecular weight is 161 g/mol. The summed E-state index contributed by atoms with van der Waals surface area (Å²) in [5.74, 6) is 0.748. The monoisotopic (exact) mass is 161 g/mol. The molecule has 0 aliphatic carbocycles. The molecular weight excluding hydrogens is 154 g/mol. The van der Waals surface area contributed by atoms with E-state index in [1.165, 1.54) is 12.7 Å². The molecule has 0 aliphatic heterocycles. The van der Waals surface area contributed by atoms with Crippen LogP contribution < -0.4 is 0 Å². The Hall–Kier alpha value is -1.78. The molecule has 2 aromatic rings. The molecule has 2 rings (SSSR count). The van der Waals surface area contributed by atoms with Gasteiger partial charge >= 0.3 is 0 Å². The predicted molar refractivity (Wildman–Crippen MR) is 42.0 cm³/mol. The summed E-state index contributed by atoms with van der Waals surface area (Å²) < 4.78 is 1.67. The Labute approximate surface area is 69.1 Å². The largest absolute Gasteiger partial charge is 0.248 e. The highest BCUT2D eigenvalue weighted by Gasteiger charge is 2.03. The van der Waals surface area contributed by atoms with E-state index >= 15 is 0 Å². The first-order valence-electron chi connectivity index (χ1n) is 3.48. The van der Waals surface area contributed by atoms with E-state index in [0.29, 0.717) is 0 Å². The van der Waals surface area contributed by atoms with Crippen LogP contribution in [0.4, 0.5) is 0 Å². The van der Waals surface area contributed by atoms with Crippen LogP contribution in [0.5, 0.6) is 0 Å². The number of hydrogen-bond donors (Lipinski definition) is 0. The van der Waals surface area contributed by atoms with Crippen molar-refractivity contribution in [2.45, 2.75) is 0 Å². The molecular formula is C7H7N5. The van der Waals surface area contributed by atoms with Crippen LogP contribution in [0.3, 0.4) is 0 Å². The number of nitrogens with zero attached hydrogens (tertiary/aromatic N) is 5. The minimum Gasteiger partial charge on any atom is -0.248 e. The van der Waals surface area contributed by atoms with E-state index in [2.05, 4.69) is 20.1 Å². The van der Waals surface area contributed by atoms with Crippen LogP contribution in [-0.2, 0) is 7.05 Å². The summed E-state index contributed by atoms with van der Waals surface area (Å²) in [7, 11) is 1.82. The molecule has 0 unspecified atom stereocenters. The lowest BCUT2D eigenvalue weighted by atomic mass is 10.4. The molecule has 0 atom stereocenters. The minimum absolute atomic E-state index is 0.748. The highest BCUT2D eigenvalue weighted by molar-refractivity contribution is 5.46. The van der Waals surface area contributed by atoms with E-state index < -0.39 is 0 Å². The first-order valence-corrected chi connectivity index (χ1v) is 3.48. The van der Waals surface area contributed by atoms with Crippen LogP contribution in [0.2, 0.25) is 0 Å². The lowest BCUT2D eigenvalue weighted by Crippen LogP contribution is -1.96. The molecule has 0 saturated carbocycles. The molecule has 2 aromatic heterocycles. The average Bonchev–Trinajstić information content (AvgIpc) is 2.53. The SMILES string of the molecule is Cn1ncnc1-c1ccncn1. The van der Waals surface area contributed by atoms with Gasteiger partial charge in [-0.2, -0.15) is 5.10 Å². The van der Waals surface area contributed by atoms with Gasteiger partial charge in [0.25, 0.3) is 0 Å². The number of rotatable bonds is 1. The standard InChI is InChI=1S/C7H7N5/c1-12-7(10-5-11-12)6-2-3-8-4-9-6/h2-5H,1H3. The van der Waals surface area contributed by atoms with Gasteiger partial charge in [0.1, 0.15) is 18.3 Å². The van der Waals surface area contributed by atoms with E-state index in [1.807, 2.05) is 7.05 Å². The molecule has 5 nitrogen and oxygen atoms in total. The third-order valence-electron chi connectivity index (χ3n) is 1.52. The van der Waals surface area contributed by atoms with Crippen molar-refractivity contribution in [3.63, 3.8) is 0 Å². The molecule has 0 aliphatic rings. The summed E-state index contributed by atoms with van der Waals surface area (Å²) in [5.41, 5.74) is 0.782. The van der Waals surface area contributed by atoms with E-state index in [9.17, 15) is 0 Å². The second-order valence-corrected chi connectivity index (χ2v) is 2.30. The number of aromatic nitrogens is 5. The number of aryl methyl sites for hydroxylation is 1.